The van der Waals surface area contributed by atoms with Crippen LogP contribution in [0.3, 0.4) is 0 Å². The summed E-state index contributed by atoms with van der Waals surface area (Å²) in [5, 5.41) is 6.10. The van der Waals surface area contributed by atoms with Crippen LogP contribution in [0.4, 0.5) is 10.2 Å². The Morgan fingerprint density at radius 3 is 2.79 bits per heavy atom. The number of carbonyl (C=O) groups is 1. The summed E-state index contributed by atoms with van der Waals surface area (Å²) in [5.74, 6) is 0.690. The number of carbonyl (C=O) groups excluding carboxylic acids is 1. The molecule has 2 N–H and O–H groups in total. The van der Waals surface area contributed by atoms with Gasteiger partial charge in [-0.25, -0.2) is 14.4 Å². The van der Waals surface area contributed by atoms with E-state index in [1.165, 1.54) is 24.5 Å². The Balaban J connectivity index is 1.52. The highest BCUT2D eigenvalue weighted by molar-refractivity contribution is 5.92. The molecule has 1 aliphatic carbocycles. The molecule has 0 aliphatic heterocycles. The minimum Gasteiger partial charge on any atom is -0.370 e. The van der Waals surface area contributed by atoms with E-state index in [1.54, 1.807) is 25.1 Å². The molecule has 0 fully saturated rings. The van der Waals surface area contributed by atoms with Gasteiger partial charge in [0.2, 0.25) is 0 Å². The van der Waals surface area contributed by atoms with Crippen LogP contribution in [-0.2, 0) is 6.42 Å². The number of nitrogens with one attached hydrogen (secondary N) is 2. The lowest BCUT2D eigenvalue weighted by Gasteiger charge is -2.13. The first-order valence-electron chi connectivity index (χ1n) is 9.91. The van der Waals surface area contributed by atoms with Crippen LogP contribution in [0.5, 0.6) is 0 Å². The molecule has 0 saturated carbocycles. The fraction of sp³-hybridized carbons (Fsp3) is 0.409. The van der Waals surface area contributed by atoms with Crippen LogP contribution in [0.25, 0.3) is 0 Å². The van der Waals surface area contributed by atoms with E-state index in [4.69, 9.17) is 0 Å². The third-order valence-corrected chi connectivity index (χ3v) is 4.85. The predicted molar refractivity (Wildman–Crippen MR) is 109 cm³/mol. The van der Waals surface area contributed by atoms with E-state index >= 15 is 0 Å². The number of hydrogen-bond acceptors (Lipinski definition) is 4. The molecule has 1 aromatic carbocycles. The van der Waals surface area contributed by atoms with Gasteiger partial charge < -0.3 is 10.6 Å². The average Bonchev–Trinajstić information content (AvgIpc) is 2.70. The van der Waals surface area contributed by atoms with Gasteiger partial charge in [-0.1, -0.05) is 29.8 Å². The van der Waals surface area contributed by atoms with Crippen molar-refractivity contribution in [2.24, 2.45) is 0 Å². The molecule has 1 aliphatic rings. The second-order valence-electron chi connectivity index (χ2n) is 7.07. The molecule has 148 valence electrons. The largest absolute Gasteiger partial charge is 0.370 e. The first-order valence-corrected chi connectivity index (χ1v) is 9.91. The molecule has 6 heteroatoms. The van der Waals surface area contributed by atoms with Gasteiger partial charge in [0.15, 0.2) is 0 Å². The number of halogens is 1. The number of hydrogen-bond donors (Lipinski definition) is 2. The number of rotatable bonds is 8. The van der Waals surface area contributed by atoms with Crippen LogP contribution in [0.2, 0.25) is 0 Å². The highest BCUT2D eigenvalue weighted by Crippen LogP contribution is 2.19. The molecule has 3 rings (SSSR count). The van der Waals surface area contributed by atoms with E-state index in [2.05, 4.69) is 26.7 Å². The van der Waals surface area contributed by atoms with Crippen molar-refractivity contribution in [2.45, 2.75) is 45.4 Å². The van der Waals surface area contributed by atoms with Crippen molar-refractivity contribution in [3.8, 4) is 0 Å². The highest BCUT2D eigenvalue weighted by atomic mass is 19.1. The summed E-state index contributed by atoms with van der Waals surface area (Å²) < 4.78 is 13.7. The average molecular weight is 382 g/mol. The Bertz CT molecular complexity index is 850. The van der Waals surface area contributed by atoms with Crippen LogP contribution in [0.1, 0.15) is 54.0 Å². The van der Waals surface area contributed by atoms with Crippen LogP contribution in [0.15, 0.2) is 42.0 Å². The van der Waals surface area contributed by atoms with E-state index in [-0.39, 0.29) is 11.7 Å². The molecule has 0 spiro atoms. The normalized spacial score (nSPS) is 13.7. The molecule has 28 heavy (non-hydrogen) atoms. The summed E-state index contributed by atoms with van der Waals surface area (Å²) in [4.78, 5) is 21.0. The summed E-state index contributed by atoms with van der Waals surface area (Å²) in [6, 6.07) is 8.36. The monoisotopic (exact) mass is 382 g/mol. The first-order chi connectivity index (χ1) is 13.6. The van der Waals surface area contributed by atoms with Gasteiger partial charge in [0, 0.05) is 19.2 Å². The lowest BCUT2D eigenvalue weighted by atomic mass is 9.97. The maximum absolute atomic E-state index is 13.7. The molecule has 1 heterocycles. The van der Waals surface area contributed by atoms with E-state index < -0.39 is 0 Å². The number of nitrogens with zero attached hydrogens (tertiary/aromatic N) is 2. The Labute approximate surface area is 165 Å². The Hall–Kier alpha value is -2.76. The van der Waals surface area contributed by atoms with E-state index in [1.807, 2.05) is 6.07 Å². The minimum atomic E-state index is -0.212. The molecule has 5 nitrogen and oxygen atoms in total. The van der Waals surface area contributed by atoms with Crippen LogP contribution < -0.4 is 10.6 Å². The van der Waals surface area contributed by atoms with Gasteiger partial charge in [0.25, 0.3) is 5.91 Å². The van der Waals surface area contributed by atoms with E-state index in [9.17, 15) is 9.18 Å². The lowest BCUT2D eigenvalue weighted by molar-refractivity contribution is 0.0948. The number of aryl methyl sites for hydroxylation is 1. The summed E-state index contributed by atoms with van der Waals surface area (Å²) in [6.07, 6.45) is 8.52. The topological polar surface area (TPSA) is 66.9 Å². The number of aromatic nitrogens is 2. The zero-order valence-corrected chi connectivity index (χ0v) is 16.3. The maximum atomic E-state index is 13.7. The van der Waals surface area contributed by atoms with Crippen molar-refractivity contribution in [1.29, 1.82) is 0 Å². The van der Waals surface area contributed by atoms with Crippen molar-refractivity contribution >= 4 is 11.7 Å². The quantitative estimate of drug-likeness (QED) is 0.672. The molecule has 0 radical (unpaired) electrons. The second kappa shape index (κ2) is 9.97. The molecule has 0 unspecified atom stereocenters. The van der Waals surface area contributed by atoms with Crippen molar-refractivity contribution < 1.29 is 9.18 Å². The third kappa shape index (κ3) is 5.87. The fourth-order valence-corrected chi connectivity index (χ4v) is 3.36. The molecule has 0 atom stereocenters. The van der Waals surface area contributed by atoms with Crippen molar-refractivity contribution in [3.05, 3.63) is 64.9 Å². The first kappa shape index (κ1) is 20.0. The summed E-state index contributed by atoms with van der Waals surface area (Å²) in [5.41, 5.74) is 2.43. The molecule has 0 bridgehead atoms. The van der Waals surface area contributed by atoms with Gasteiger partial charge in [0.05, 0.1) is 0 Å². The Morgan fingerprint density at radius 1 is 1.14 bits per heavy atom. The molecule has 2 aromatic rings. The molecular weight excluding hydrogens is 355 g/mol. The summed E-state index contributed by atoms with van der Waals surface area (Å²) in [7, 11) is 0. The van der Waals surface area contributed by atoms with Gasteiger partial charge in [0.1, 0.15) is 23.2 Å². The predicted octanol–water partition coefficient (Wildman–Crippen LogP) is 4.20. The zero-order chi connectivity index (χ0) is 19.8. The molecule has 0 saturated heterocycles. The SMILES string of the molecule is Cc1nc(NCCc2ccccc2F)cc(C(=O)NCCC2=CCCCC2)n1. The number of anilines is 1. The minimum absolute atomic E-state index is 0.195. The van der Waals surface area contributed by atoms with Crippen molar-refractivity contribution in [1.82, 2.24) is 15.3 Å². The summed E-state index contributed by atoms with van der Waals surface area (Å²) in [6.45, 7) is 2.89. The standard InChI is InChI=1S/C22H27FN4O/c1-16-26-20(22(28)25-13-11-17-7-3-2-4-8-17)15-21(27-16)24-14-12-18-9-5-6-10-19(18)23/h5-7,9-10,15H,2-4,8,11-14H2,1H3,(H,25,28)(H,24,26,27). The molecule has 1 aromatic heterocycles. The smallest absolute Gasteiger partial charge is 0.270 e. The van der Waals surface area contributed by atoms with Gasteiger partial charge in [-0.3, -0.25) is 4.79 Å². The number of allylic oxidation sites excluding steroid dienone is 1. The molecular formula is C22H27FN4O. The van der Waals surface area contributed by atoms with Crippen LogP contribution in [-0.4, -0.2) is 29.0 Å². The van der Waals surface area contributed by atoms with Gasteiger partial charge in [-0.15, -0.1) is 0 Å². The van der Waals surface area contributed by atoms with Crippen molar-refractivity contribution in [3.63, 3.8) is 0 Å². The summed E-state index contributed by atoms with van der Waals surface area (Å²) >= 11 is 0. The Kier molecular flexibility index (Phi) is 7.12. The van der Waals surface area contributed by atoms with Gasteiger partial charge in [-0.05, 0) is 57.1 Å². The zero-order valence-electron chi connectivity index (χ0n) is 16.3. The number of amides is 1. The van der Waals surface area contributed by atoms with Gasteiger partial charge in [-0.2, -0.15) is 0 Å². The van der Waals surface area contributed by atoms with Gasteiger partial charge >= 0.3 is 0 Å². The maximum Gasteiger partial charge on any atom is 0.270 e. The Morgan fingerprint density at radius 2 is 2.00 bits per heavy atom. The highest BCUT2D eigenvalue weighted by Gasteiger charge is 2.11. The fourth-order valence-electron chi connectivity index (χ4n) is 3.36. The van der Waals surface area contributed by atoms with E-state index in [0.717, 1.165) is 19.3 Å². The van der Waals surface area contributed by atoms with E-state index in [0.29, 0.717) is 42.4 Å². The lowest BCUT2D eigenvalue weighted by Crippen LogP contribution is -2.26. The van der Waals surface area contributed by atoms with Crippen LogP contribution in [0, 0.1) is 12.7 Å². The van der Waals surface area contributed by atoms with Crippen LogP contribution >= 0.6 is 0 Å². The second-order valence-corrected chi connectivity index (χ2v) is 7.07. The number of benzene rings is 1. The molecule has 1 amide bonds. The van der Waals surface area contributed by atoms with Crippen molar-refractivity contribution in [2.75, 3.05) is 18.4 Å². The third-order valence-electron chi connectivity index (χ3n) is 4.85.